The van der Waals surface area contributed by atoms with E-state index in [0.717, 1.165) is 31.7 Å². The van der Waals surface area contributed by atoms with Crippen LogP contribution in [0, 0.1) is 0 Å². The van der Waals surface area contributed by atoms with E-state index < -0.39 is 0 Å². The number of hydrogen-bond donors (Lipinski definition) is 1. The minimum Gasteiger partial charge on any atom is -0.326 e. The van der Waals surface area contributed by atoms with Crippen LogP contribution in [0.15, 0.2) is 24.4 Å². The summed E-state index contributed by atoms with van der Waals surface area (Å²) in [6.45, 7) is 7.65. The number of likely N-dealkylation sites (N-methyl/N-ethyl adjacent to an activating group) is 1. The van der Waals surface area contributed by atoms with E-state index in [0.29, 0.717) is 6.04 Å². The van der Waals surface area contributed by atoms with E-state index in [1.54, 1.807) is 0 Å². The Balaban J connectivity index is 2.19. The van der Waals surface area contributed by atoms with Crippen LogP contribution in [0.2, 0.25) is 0 Å². The Morgan fingerprint density at radius 2 is 2.21 bits per heavy atom. The number of pyridine rings is 1. The first kappa shape index (κ1) is 14.4. The highest BCUT2D eigenvalue weighted by Crippen LogP contribution is 2.25. The first-order valence-electron chi connectivity index (χ1n) is 7.24. The van der Waals surface area contributed by atoms with Crippen molar-refractivity contribution in [2.24, 2.45) is 5.73 Å². The second kappa shape index (κ2) is 6.46. The highest BCUT2D eigenvalue weighted by atomic mass is 15.3. The van der Waals surface area contributed by atoms with E-state index in [4.69, 9.17) is 5.73 Å². The van der Waals surface area contributed by atoms with E-state index in [-0.39, 0.29) is 12.1 Å². The molecule has 1 aromatic heterocycles. The average molecular weight is 262 g/mol. The van der Waals surface area contributed by atoms with Crippen molar-refractivity contribution in [1.82, 2.24) is 14.8 Å². The van der Waals surface area contributed by atoms with Gasteiger partial charge in [0.1, 0.15) is 0 Å². The van der Waals surface area contributed by atoms with Crippen molar-refractivity contribution < 1.29 is 0 Å². The molecule has 4 nitrogen and oxygen atoms in total. The average Bonchev–Trinajstić information content (AvgIpc) is 2.44. The van der Waals surface area contributed by atoms with Gasteiger partial charge < -0.3 is 10.6 Å². The van der Waals surface area contributed by atoms with E-state index >= 15 is 0 Å². The first-order chi connectivity index (χ1) is 9.13. The molecule has 0 aromatic carbocycles. The van der Waals surface area contributed by atoms with Gasteiger partial charge >= 0.3 is 0 Å². The number of nitrogens with two attached hydrogens (primary N) is 1. The van der Waals surface area contributed by atoms with Crippen molar-refractivity contribution in [2.45, 2.75) is 38.4 Å². The van der Waals surface area contributed by atoms with Crippen molar-refractivity contribution >= 4 is 0 Å². The summed E-state index contributed by atoms with van der Waals surface area (Å²) >= 11 is 0. The molecule has 0 saturated carbocycles. The zero-order chi connectivity index (χ0) is 13.8. The fraction of sp³-hybridized carbons (Fsp3) is 0.667. The Kier molecular flexibility index (Phi) is 4.91. The third kappa shape index (κ3) is 3.32. The van der Waals surface area contributed by atoms with E-state index in [1.165, 1.54) is 0 Å². The van der Waals surface area contributed by atoms with Gasteiger partial charge in [0.2, 0.25) is 0 Å². The van der Waals surface area contributed by atoms with Gasteiger partial charge in [0.25, 0.3) is 0 Å². The molecule has 2 N–H and O–H groups in total. The third-order valence-corrected chi connectivity index (χ3v) is 4.25. The summed E-state index contributed by atoms with van der Waals surface area (Å²) in [5.74, 6) is 0. The monoisotopic (exact) mass is 262 g/mol. The fourth-order valence-corrected chi connectivity index (χ4v) is 2.78. The van der Waals surface area contributed by atoms with Gasteiger partial charge in [-0.1, -0.05) is 13.0 Å². The van der Waals surface area contributed by atoms with Crippen LogP contribution in [-0.4, -0.2) is 53.5 Å². The lowest BCUT2D eigenvalue weighted by atomic mass is 9.98. The summed E-state index contributed by atoms with van der Waals surface area (Å²) < 4.78 is 0. The van der Waals surface area contributed by atoms with Crippen LogP contribution >= 0.6 is 0 Å². The molecule has 2 rings (SSSR count). The highest BCUT2D eigenvalue weighted by molar-refractivity contribution is 5.12. The van der Waals surface area contributed by atoms with Gasteiger partial charge in [-0.15, -0.1) is 0 Å². The Hall–Kier alpha value is -0.970. The SMILES string of the molecule is CCC(N)C(c1ccccn1)N1CCN(C)C(C)C1. The standard InChI is InChI=1S/C15H26N4/c1-4-13(16)15(14-7-5-6-8-17-14)19-10-9-18(3)12(2)11-19/h5-8,12-13,15H,4,9-11,16H2,1-3H3. The van der Waals surface area contributed by atoms with Crippen molar-refractivity contribution in [3.8, 4) is 0 Å². The Morgan fingerprint density at radius 3 is 2.79 bits per heavy atom. The maximum atomic E-state index is 6.36. The minimum atomic E-state index is 0.144. The topological polar surface area (TPSA) is 45.4 Å². The van der Waals surface area contributed by atoms with Gasteiger partial charge in [-0.2, -0.15) is 0 Å². The fourth-order valence-electron chi connectivity index (χ4n) is 2.78. The summed E-state index contributed by atoms with van der Waals surface area (Å²) in [5.41, 5.74) is 7.47. The molecule has 0 radical (unpaired) electrons. The molecule has 1 aliphatic heterocycles. The van der Waals surface area contributed by atoms with Gasteiger partial charge in [-0.25, -0.2) is 0 Å². The molecule has 4 heteroatoms. The summed E-state index contributed by atoms with van der Waals surface area (Å²) in [5, 5.41) is 0. The van der Waals surface area contributed by atoms with Crippen LogP contribution in [0.1, 0.15) is 32.0 Å². The largest absolute Gasteiger partial charge is 0.326 e. The molecule has 1 aromatic rings. The summed E-state index contributed by atoms with van der Waals surface area (Å²) in [6, 6.07) is 7.07. The van der Waals surface area contributed by atoms with Crippen LogP contribution in [0.4, 0.5) is 0 Å². The first-order valence-corrected chi connectivity index (χ1v) is 7.24. The predicted molar refractivity (Wildman–Crippen MR) is 78.9 cm³/mol. The van der Waals surface area contributed by atoms with Gasteiger partial charge in [0, 0.05) is 37.9 Å². The summed E-state index contributed by atoms with van der Waals surface area (Å²) in [7, 11) is 2.19. The van der Waals surface area contributed by atoms with Crippen molar-refractivity contribution in [1.29, 1.82) is 0 Å². The van der Waals surface area contributed by atoms with Gasteiger partial charge in [0.15, 0.2) is 0 Å². The zero-order valence-electron chi connectivity index (χ0n) is 12.3. The van der Waals surface area contributed by atoms with Crippen LogP contribution < -0.4 is 5.73 Å². The molecule has 0 aliphatic carbocycles. The van der Waals surface area contributed by atoms with E-state index in [9.17, 15) is 0 Å². The molecule has 0 bridgehead atoms. The molecule has 106 valence electrons. The van der Waals surface area contributed by atoms with Gasteiger partial charge in [-0.3, -0.25) is 9.88 Å². The molecule has 19 heavy (non-hydrogen) atoms. The zero-order valence-corrected chi connectivity index (χ0v) is 12.3. The van der Waals surface area contributed by atoms with Crippen LogP contribution in [0.5, 0.6) is 0 Å². The Bertz CT molecular complexity index is 381. The number of aromatic nitrogens is 1. The van der Waals surface area contributed by atoms with Crippen molar-refractivity contribution in [2.75, 3.05) is 26.7 Å². The molecule has 1 fully saturated rings. The van der Waals surface area contributed by atoms with E-state index in [2.05, 4.69) is 47.8 Å². The van der Waals surface area contributed by atoms with Crippen LogP contribution in [-0.2, 0) is 0 Å². The smallest absolute Gasteiger partial charge is 0.0674 e. The Morgan fingerprint density at radius 1 is 1.42 bits per heavy atom. The highest BCUT2D eigenvalue weighted by Gasteiger charge is 2.31. The molecular formula is C15H26N4. The van der Waals surface area contributed by atoms with Crippen molar-refractivity contribution in [3.05, 3.63) is 30.1 Å². The third-order valence-electron chi connectivity index (χ3n) is 4.25. The molecule has 0 spiro atoms. The molecule has 1 aliphatic rings. The number of nitrogens with zero attached hydrogens (tertiary/aromatic N) is 3. The second-order valence-electron chi connectivity index (χ2n) is 5.60. The number of piperazine rings is 1. The maximum Gasteiger partial charge on any atom is 0.0674 e. The number of rotatable bonds is 4. The molecule has 3 atom stereocenters. The molecule has 0 amide bonds. The molecular weight excluding hydrogens is 236 g/mol. The summed E-state index contributed by atoms with van der Waals surface area (Å²) in [6.07, 6.45) is 2.84. The summed E-state index contributed by atoms with van der Waals surface area (Å²) in [4.78, 5) is 9.44. The lowest BCUT2D eigenvalue weighted by molar-refractivity contribution is 0.0596. The van der Waals surface area contributed by atoms with Crippen LogP contribution in [0.25, 0.3) is 0 Å². The minimum absolute atomic E-state index is 0.144. The molecule has 1 saturated heterocycles. The molecule has 2 heterocycles. The normalized spacial score (nSPS) is 25.2. The Labute approximate surface area is 116 Å². The van der Waals surface area contributed by atoms with Gasteiger partial charge in [0.05, 0.1) is 11.7 Å². The van der Waals surface area contributed by atoms with Gasteiger partial charge in [-0.05, 0) is 32.5 Å². The quantitative estimate of drug-likeness (QED) is 0.893. The molecule has 3 unspecified atom stereocenters. The predicted octanol–water partition coefficient (Wildman–Crippen LogP) is 1.50. The van der Waals surface area contributed by atoms with E-state index in [1.807, 2.05) is 12.3 Å². The van der Waals surface area contributed by atoms with Crippen LogP contribution in [0.3, 0.4) is 0 Å². The lowest BCUT2D eigenvalue weighted by Gasteiger charge is -2.43. The lowest BCUT2D eigenvalue weighted by Crippen LogP contribution is -2.54. The number of hydrogen-bond acceptors (Lipinski definition) is 4. The van der Waals surface area contributed by atoms with Crippen molar-refractivity contribution in [3.63, 3.8) is 0 Å². The maximum absolute atomic E-state index is 6.36. The second-order valence-corrected chi connectivity index (χ2v) is 5.60.